The van der Waals surface area contributed by atoms with E-state index in [-0.39, 0.29) is 11.3 Å². The molecule has 0 saturated heterocycles. The second kappa shape index (κ2) is 7.06. The predicted molar refractivity (Wildman–Crippen MR) is 70.0 cm³/mol. The SMILES string of the molecule is CC(=O)C(C)OC(=O)CNC(=O)c1ccc(C(F)(F)F)cc1. The summed E-state index contributed by atoms with van der Waals surface area (Å²) in [5.41, 5.74) is -0.904. The van der Waals surface area contributed by atoms with Crippen LogP contribution in [0.15, 0.2) is 24.3 Å². The van der Waals surface area contributed by atoms with Crippen molar-refractivity contribution in [3.8, 4) is 0 Å². The Morgan fingerprint density at radius 1 is 1.18 bits per heavy atom. The predicted octanol–water partition coefficient (Wildman–Crippen LogP) is 1.96. The van der Waals surface area contributed by atoms with Crippen LogP contribution in [0.25, 0.3) is 0 Å². The largest absolute Gasteiger partial charge is 0.453 e. The summed E-state index contributed by atoms with van der Waals surface area (Å²) >= 11 is 0. The number of benzene rings is 1. The highest BCUT2D eigenvalue weighted by atomic mass is 19.4. The molecule has 0 aliphatic carbocycles. The van der Waals surface area contributed by atoms with Crippen LogP contribution >= 0.6 is 0 Å². The Kier molecular flexibility index (Phi) is 5.67. The standard InChI is InChI=1S/C14H14F3NO4/c1-8(19)9(2)22-12(20)7-18-13(21)10-3-5-11(6-4-10)14(15,16)17/h3-6,9H,7H2,1-2H3,(H,18,21). The molecule has 0 radical (unpaired) electrons. The second-order valence-electron chi connectivity index (χ2n) is 4.50. The first-order chi connectivity index (χ1) is 10.1. The summed E-state index contributed by atoms with van der Waals surface area (Å²) in [5, 5.41) is 2.20. The van der Waals surface area contributed by atoms with Crippen molar-refractivity contribution in [1.29, 1.82) is 0 Å². The quantitative estimate of drug-likeness (QED) is 0.843. The van der Waals surface area contributed by atoms with Crippen molar-refractivity contribution in [3.63, 3.8) is 0 Å². The molecule has 1 aromatic rings. The van der Waals surface area contributed by atoms with E-state index in [1.807, 2.05) is 0 Å². The van der Waals surface area contributed by atoms with Crippen molar-refractivity contribution in [3.05, 3.63) is 35.4 Å². The summed E-state index contributed by atoms with van der Waals surface area (Å²) in [5.74, 6) is -1.88. The van der Waals surface area contributed by atoms with Crippen LogP contribution < -0.4 is 5.32 Å². The molecule has 1 amide bonds. The van der Waals surface area contributed by atoms with Crippen LogP contribution in [0.4, 0.5) is 13.2 Å². The number of halogens is 3. The van der Waals surface area contributed by atoms with Gasteiger partial charge >= 0.3 is 12.1 Å². The van der Waals surface area contributed by atoms with Crippen LogP contribution in [0.3, 0.4) is 0 Å². The fourth-order valence-corrected chi connectivity index (χ4v) is 1.39. The number of hydrogen-bond acceptors (Lipinski definition) is 4. The number of alkyl halides is 3. The van der Waals surface area contributed by atoms with Crippen molar-refractivity contribution in [2.24, 2.45) is 0 Å². The zero-order valence-electron chi connectivity index (χ0n) is 11.9. The summed E-state index contributed by atoms with van der Waals surface area (Å²) in [6.07, 6.45) is -5.41. The molecule has 1 rings (SSSR count). The number of carbonyl (C=O) groups excluding carboxylic acids is 3. The van der Waals surface area contributed by atoms with E-state index in [1.165, 1.54) is 13.8 Å². The first-order valence-electron chi connectivity index (χ1n) is 6.26. The zero-order valence-corrected chi connectivity index (χ0v) is 11.9. The highest BCUT2D eigenvalue weighted by Crippen LogP contribution is 2.28. The van der Waals surface area contributed by atoms with Gasteiger partial charge in [-0.1, -0.05) is 0 Å². The van der Waals surface area contributed by atoms with Gasteiger partial charge in [0.2, 0.25) is 0 Å². The lowest BCUT2D eigenvalue weighted by Gasteiger charge is -2.11. The van der Waals surface area contributed by atoms with Crippen molar-refractivity contribution in [1.82, 2.24) is 5.32 Å². The number of esters is 1. The van der Waals surface area contributed by atoms with Gasteiger partial charge in [0, 0.05) is 5.56 Å². The molecular formula is C14H14F3NO4. The lowest BCUT2D eigenvalue weighted by molar-refractivity contribution is -0.152. The third-order valence-corrected chi connectivity index (χ3v) is 2.75. The molecule has 0 aliphatic heterocycles. The van der Waals surface area contributed by atoms with E-state index in [4.69, 9.17) is 4.74 Å². The second-order valence-corrected chi connectivity index (χ2v) is 4.50. The molecule has 0 saturated carbocycles. The summed E-state index contributed by atoms with van der Waals surface area (Å²) < 4.78 is 41.8. The van der Waals surface area contributed by atoms with E-state index >= 15 is 0 Å². The fourth-order valence-electron chi connectivity index (χ4n) is 1.39. The molecule has 1 aromatic carbocycles. The van der Waals surface area contributed by atoms with E-state index in [0.717, 1.165) is 24.3 Å². The van der Waals surface area contributed by atoms with Gasteiger partial charge in [-0.05, 0) is 38.1 Å². The Morgan fingerprint density at radius 2 is 1.73 bits per heavy atom. The van der Waals surface area contributed by atoms with Crippen LogP contribution in [0.5, 0.6) is 0 Å². The van der Waals surface area contributed by atoms with Crippen LogP contribution in [-0.4, -0.2) is 30.3 Å². The Labute approximate surface area is 124 Å². The molecule has 0 bridgehead atoms. The van der Waals surface area contributed by atoms with Gasteiger partial charge in [-0.2, -0.15) is 13.2 Å². The van der Waals surface area contributed by atoms with E-state index < -0.39 is 36.3 Å². The Morgan fingerprint density at radius 3 is 2.18 bits per heavy atom. The third kappa shape index (κ3) is 5.19. The molecule has 0 aromatic heterocycles. The molecular weight excluding hydrogens is 303 g/mol. The van der Waals surface area contributed by atoms with Crippen LogP contribution in [0.1, 0.15) is 29.8 Å². The molecule has 8 heteroatoms. The molecule has 0 spiro atoms. The summed E-state index contributed by atoms with van der Waals surface area (Å²) in [7, 11) is 0. The highest BCUT2D eigenvalue weighted by molar-refractivity contribution is 5.96. The van der Waals surface area contributed by atoms with E-state index in [9.17, 15) is 27.6 Å². The number of ketones is 1. The minimum Gasteiger partial charge on any atom is -0.453 e. The van der Waals surface area contributed by atoms with Gasteiger partial charge in [-0.25, -0.2) is 0 Å². The lowest BCUT2D eigenvalue weighted by Crippen LogP contribution is -2.33. The van der Waals surface area contributed by atoms with Gasteiger partial charge in [-0.15, -0.1) is 0 Å². The van der Waals surface area contributed by atoms with Crippen molar-refractivity contribution >= 4 is 17.7 Å². The van der Waals surface area contributed by atoms with Crippen molar-refractivity contribution < 1.29 is 32.3 Å². The lowest BCUT2D eigenvalue weighted by atomic mass is 10.1. The first kappa shape index (κ1) is 17.7. The monoisotopic (exact) mass is 317 g/mol. The maximum absolute atomic E-state index is 12.4. The Hall–Kier alpha value is -2.38. The van der Waals surface area contributed by atoms with Gasteiger partial charge in [-0.3, -0.25) is 14.4 Å². The van der Waals surface area contributed by atoms with Crippen LogP contribution in [0, 0.1) is 0 Å². The molecule has 120 valence electrons. The van der Waals surface area contributed by atoms with Gasteiger partial charge in [0.25, 0.3) is 5.91 Å². The van der Waals surface area contributed by atoms with Gasteiger partial charge in [0.05, 0.1) is 5.56 Å². The van der Waals surface area contributed by atoms with Gasteiger partial charge < -0.3 is 10.1 Å². The molecule has 0 heterocycles. The number of rotatable bonds is 5. The molecule has 0 fully saturated rings. The van der Waals surface area contributed by atoms with Crippen LogP contribution in [-0.2, 0) is 20.5 Å². The van der Waals surface area contributed by atoms with E-state index in [1.54, 1.807) is 0 Å². The fraction of sp³-hybridized carbons (Fsp3) is 0.357. The molecule has 5 nitrogen and oxygen atoms in total. The highest BCUT2D eigenvalue weighted by Gasteiger charge is 2.30. The average Bonchev–Trinajstić information content (AvgIpc) is 2.43. The van der Waals surface area contributed by atoms with Crippen molar-refractivity contribution in [2.45, 2.75) is 26.1 Å². The smallest absolute Gasteiger partial charge is 0.416 e. The van der Waals surface area contributed by atoms with Crippen molar-refractivity contribution in [2.75, 3.05) is 6.54 Å². The number of amides is 1. The number of ether oxygens (including phenoxy) is 1. The minimum absolute atomic E-state index is 0.0274. The summed E-state index contributed by atoms with van der Waals surface area (Å²) in [6.45, 7) is 2.15. The molecule has 1 atom stereocenters. The maximum Gasteiger partial charge on any atom is 0.416 e. The summed E-state index contributed by atoms with van der Waals surface area (Å²) in [6, 6.07) is 3.54. The topological polar surface area (TPSA) is 72.5 Å². The maximum atomic E-state index is 12.4. The van der Waals surface area contributed by atoms with Gasteiger partial charge in [0.15, 0.2) is 11.9 Å². The number of hydrogen-bond donors (Lipinski definition) is 1. The number of carbonyl (C=O) groups is 3. The normalized spacial score (nSPS) is 12.4. The van der Waals surface area contributed by atoms with Gasteiger partial charge in [0.1, 0.15) is 6.54 Å². The molecule has 22 heavy (non-hydrogen) atoms. The minimum atomic E-state index is -4.48. The van der Waals surface area contributed by atoms with Crippen LogP contribution in [0.2, 0.25) is 0 Å². The Balaban J connectivity index is 2.56. The third-order valence-electron chi connectivity index (χ3n) is 2.75. The van der Waals surface area contributed by atoms with E-state index in [0.29, 0.717) is 0 Å². The van der Waals surface area contributed by atoms with E-state index in [2.05, 4.69) is 5.32 Å². The molecule has 1 N–H and O–H groups in total. The molecule has 1 unspecified atom stereocenters. The first-order valence-corrected chi connectivity index (χ1v) is 6.26. The number of Topliss-reactive ketones (excluding diaryl/α,β-unsaturated/α-hetero) is 1. The molecule has 0 aliphatic rings. The average molecular weight is 317 g/mol. The zero-order chi connectivity index (χ0) is 16.9. The summed E-state index contributed by atoms with van der Waals surface area (Å²) in [4.78, 5) is 33.9. The number of nitrogens with one attached hydrogen (secondary N) is 1. The Bertz CT molecular complexity index is 566.